The van der Waals surface area contributed by atoms with Gasteiger partial charge in [0.2, 0.25) is 5.91 Å². The van der Waals surface area contributed by atoms with E-state index < -0.39 is 0 Å². The molecule has 162 valence electrons. The van der Waals surface area contributed by atoms with E-state index in [1.54, 1.807) is 29.2 Å². The molecule has 0 spiro atoms. The number of ether oxygens (including phenoxy) is 2. The highest BCUT2D eigenvalue weighted by atomic mass is 16.5. The monoisotopic (exact) mass is 421 g/mol. The van der Waals surface area contributed by atoms with Gasteiger partial charge in [-0.25, -0.2) is 4.98 Å². The number of aromatic amines is 1. The number of para-hydroxylation sites is 1. The molecule has 2 aromatic carbocycles. The second-order valence-corrected chi connectivity index (χ2v) is 6.79. The van der Waals surface area contributed by atoms with E-state index in [0.717, 1.165) is 5.56 Å². The maximum absolute atomic E-state index is 12.7. The third-order valence-corrected chi connectivity index (χ3v) is 4.68. The first-order valence-corrected chi connectivity index (χ1v) is 10.4. The lowest BCUT2D eigenvalue weighted by Gasteiger charge is -2.18. The molecule has 0 saturated heterocycles. The number of rotatable bonds is 9. The summed E-state index contributed by atoms with van der Waals surface area (Å²) in [4.78, 5) is 33.9. The summed E-state index contributed by atoms with van der Waals surface area (Å²) in [5.74, 6) is 1.59. The van der Waals surface area contributed by atoms with Crippen molar-refractivity contribution < 1.29 is 14.3 Å². The van der Waals surface area contributed by atoms with Crippen LogP contribution < -0.4 is 15.0 Å². The van der Waals surface area contributed by atoms with Crippen LogP contribution in [0.25, 0.3) is 17.0 Å². The Hall–Kier alpha value is -3.61. The fraction of sp³-hybridized carbons (Fsp3) is 0.292. The highest BCUT2D eigenvalue weighted by molar-refractivity contribution is 5.91. The molecule has 0 saturated carbocycles. The summed E-state index contributed by atoms with van der Waals surface area (Å²) in [7, 11) is 0. The highest BCUT2D eigenvalue weighted by Gasteiger charge is 2.12. The number of hydrogen-bond donors (Lipinski definition) is 1. The molecule has 1 N–H and O–H groups in total. The minimum atomic E-state index is -0.211. The lowest BCUT2D eigenvalue weighted by molar-refractivity contribution is -0.126. The first-order chi connectivity index (χ1) is 15.0. The second-order valence-electron chi connectivity index (χ2n) is 6.79. The molecule has 0 atom stereocenters. The van der Waals surface area contributed by atoms with Gasteiger partial charge in [-0.15, -0.1) is 0 Å². The molecular weight excluding hydrogens is 394 g/mol. The number of nitrogens with zero attached hydrogens (tertiary/aromatic N) is 2. The molecule has 1 heterocycles. The SMILES string of the molecule is CCOc1ccc(/C=C/C(=O)N(CC)Cc2nc3ccccc3c(=O)[nH]2)cc1OCC. The number of carbonyl (C=O) groups excluding carboxylic acids is 1. The number of fused-ring (bicyclic) bond motifs is 1. The quantitative estimate of drug-likeness (QED) is 0.532. The van der Waals surface area contributed by atoms with Gasteiger partial charge >= 0.3 is 0 Å². The van der Waals surface area contributed by atoms with Crippen LogP contribution in [0, 0.1) is 0 Å². The Bertz CT molecular complexity index is 1140. The number of carbonyl (C=O) groups is 1. The van der Waals surface area contributed by atoms with Crippen LogP contribution in [0.4, 0.5) is 0 Å². The van der Waals surface area contributed by atoms with Crippen molar-refractivity contribution in [1.82, 2.24) is 14.9 Å². The molecule has 1 amide bonds. The summed E-state index contributed by atoms with van der Waals surface area (Å²) in [6.45, 7) is 7.47. The fourth-order valence-electron chi connectivity index (χ4n) is 3.18. The predicted octanol–water partition coefficient (Wildman–Crippen LogP) is 3.78. The van der Waals surface area contributed by atoms with Crippen molar-refractivity contribution >= 4 is 22.9 Å². The first kappa shape index (κ1) is 22.1. The van der Waals surface area contributed by atoms with E-state index >= 15 is 0 Å². The van der Waals surface area contributed by atoms with E-state index in [1.807, 2.05) is 45.0 Å². The van der Waals surface area contributed by atoms with Gasteiger partial charge in [-0.3, -0.25) is 9.59 Å². The number of benzene rings is 2. The molecule has 0 unspecified atom stereocenters. The number of hydrogen-bond acceptors (Lipinski definition) is 5. The third kappa shape index (κ3) is 5.51. The molecule has 0 aliphatic heterocycles. The van der Waals surface area contributed by atoms with E-state index in [2.05, 4.69) is 9.97 Å². The van der Waals surface area contributed by atoms with Gasteiger partial charge in [-0.05, 0) is 56.7 Å². The number of aromatic nitrogens is 2. The number of amides is 1. The Morgan fingerprint density at radius 1 is 1.06 bits per heavy atom. The van der Waals surface area contributed by atoms with Crippen LogP contribution in [0.1, 0.15) is 32.2 Å². The van der Waals surface area contributed by atoms with E-state index in [0.29, 0.717) is 48.0 Å². The normalized spacial score (nSPS) is 11.1. The van der Waals surface area contributed by atoms with Gasteiger partial charge in [0.05, 0.1) is 30.7 Å². The van der Waals surface area contributed by atoms with Crippen molar-refractivity contribution in [2.24, 2.45) is 0 Å². The standard InChI is InChI=1S/C24H27N3O4/c1-4-27(16-22-25-19-10-8-7-9-18(19)24(29)26-22)23(28)14-12-17-11-13-20(30-5-2)21(15-17)31-6-3/h7-15H,4-6,16H2,1-3H3,(H,25,26,29)/b14-12+. The smallest absolute Gasteiger partial charge is 0.258 e. The largest absolute Gasteiger partial charge is 0.490 e. The third-order valence-electron chi connectivity index (χ3n) is 4.68. The van der Waals surface area contributed by atoms with Crippen LogP contribution in [0.5, 0.6) is 11.5 Å². The Morgan fingerprint density at radius 3 is 2.55 bits per heavy atom. The van der Waals surface area contributed by atoms with Crippen molar-refractivity contribution in [2.45, 2.75) is 27.3 Å². The van der Waals surface area contributed by atoms with Gasteiger partial charge in [0.25, 0.3) is 5.56 Å². The number of likely N-dealkylation sites (N-methyl/N-ethyl adjacent to an activating group) is 1. The highest BCUT2D eigenvalue weighted by Crippen LogP contribution is 2.29. The summed E-state index contributed by atoms with van der Waals surface area (Å²) >= 11 is 0. The lowest BCUT2D eigenvalue weighted by Crippen LogP contribution is -2.30. The zero-order chi connectivity index (χ0) is 22.2. The molecule has 0 fully saturated rings. The molecule has 0 aliphatic carbocycles. The number of nitrogens with one attached hydrogen (secondary N) is 1. The van der Waals surface area contributed by atoms with Crippen LogP contribution in [0.15, 0.2) is 53.3 Å². The van der Waals surface area contributed by atoms with E-state index in [-0.39, 0.29) is 18.0 Å². The molecule has 7 heteroatoms. The molecule has 0 radical (unpaired) electrons. The minimum Gasteiger partial charge on any atom is -0.490 e. The van der Waals surface area contributed by atoms with Crippen LogP contribution in [0.2, 0.25) is 0 Å². The van der Waals surface area contributed by atoms with Gasteiger partial charge in [0.1, 0.15) is 5.82 Å². The van der Waals surface area contributed by atoms with Gasteiger partial charge in [0.15, 0.2) is 11.5 Å². The maximum atomic E-state index is 12.7. The Kier molecular flexibility index (Phi) is 7.43. The van der Waals surface area contributed by atoms with Crippen molar-refractivity contribution in [2.75, 3.05) is 19.8 Å². The first-order valence-electron chi connectivity index (χ1n) is 10.4. The zero-order valence-corrected chi connectivity index (χ0v) is 18.1. The van der Waals surface area contributed by atoms with Crippen molar-refractivity contribution in [1.29, 1.82) is 0 Å². The number of H-pyrrole nitrogens is 1. The van der Waals surface area contributed by atoms with Gasteiger partial charge < -0.3 is 19.4 Å². The lowest BCUT2D eigenvalue weighted by atomic mass is 10.2. The molecule has 0 aliphatic rings. The molecule has 3 aromatic rings. The average molecular weight is 421 g/mol. The van der Waals surface area contributed by atoms with Crippen LogP contribution >= 0.6 is 0 Å². The fourth-order valence-corrected chi connectivity index (χ4v) is 3.18. The van der Waals surface area contributed by atoms with Crippen LogP contribution in [-0.2, 0) is 11.3 Å². The average Bonchev–Trinajstić information content (AvgIpc) is 2.77. The molecule has 3 rings (SSSR count). The maximum Gasteiger partial charge on any atom is 0.258 e. The molecule has 7 nitrogen and oxygen atoms in total. The Balaban J connectivity index is 1.76. The topological polar surface area (TPSA) is 84.5 Å². The predicted molar refractivity (Wildman–Crippen MR) is 121 cm³/mol. The van der Waals surface area contributed by atoms with Gasteiger partial charge in [-0.2, -0.15) is 0 Å². The summed E-state index contributed by atoms with van der Waals surface area (Å²) in [5, 5.41) is 0.529. The molecule has 0 bridgehead atoms. The van der Waals surface area contributed by atoms with Gasteiger partial charge in [-0.1, -0.05) is 18.2 Å². The van der Waals surface area contributed by atoms with Crippen molar-refractivity contribution in [3.05, 3.63) is 70.3 Å². The van der Waals surface area contributed by atoms with E-state index in [1.165, 1.54) is 6.08 Å². The van der Waals surface area contributed by atoms with Crippen LogP contribution in [-0.4, -0.2) is 40.5 Å². The molecule has 31 heavy (non-hydrogen) atoms. The second kappa shape index (κ2) is 10.4. The zero-order valence-electron chi connectivity index (χ0n) is 18.1. The van der Waals surface area contributed by atoms with Crippen molar-refractivity contribution in [3.63, 3.8) is 0 Å². The molecule has 1 aromatic heterocycles. The summed E-state index contributed by atoms with van der Waals surface area (Å²) in [5.41, 5.74) is 1.23. The summed E-state index contributed by atoms with van der Waals surface area (Å²) in [6.07, 6.45) is 3.24. The van der Waals surface area contributed by atoms with E-state index in [4.69, 9.17) is 9.47 Å². The molecular formula is C24H27N3O4. The van der Waals surface area contributed by atoms with Crippen molar-refractivity contribution in [3.8, 4) is 11.5 Å². The summed E-state index contributed by atoms with van der Waals surface area (Å²) < 4.78 is 11.2. The summed E-state index contributed by atoms with van der Waals surface area (Å²) in [6, 6.07) is 12.7. The van der Waals surface area contributed by atoms with E-state index in [9.17, 15) is 9.59 Å². The Morgan fingerprint density at radius 2 is 1.81 bits per heavy atom. The van der Waals surface area contributed by atoms with Gasteiger partial charge in [0, 0.05) is 12.6 Å². The minimum absolute atomic E-state index is 0.176. The van der Waals surface area contributed by atoms with Crippen LogP contribution in [0.3, 0.4) is 0 Å². The Labute approximate surface area is 181 Å².